The summed E-state index contributed by atoms with van der Waals surface area (Å²) < 4.78 is 45.3. The van der Waals surface area contributed by atoms with E-state index < -0.39 is 172 Å². The Morgan fingerprint density at radius 1 is 0.393 bits per heavy atom. The van der Waals surface area contributed by atoms with E-state index in [0.29, 0.717) is 12.1 Å². The van der Waals surface area contributed by atoms with Gasteiger partial charge in [0, 0.05) is 452 Å². The van der Waals surface area contributed by atoms with E-state index in [0.717, 1.165) is 118 Å². The molecule has 1 saturated heterocycles. The average molecular weight is 1470 g/mol. The zero-order valence-corrected chi connectivity index (χ0v) is 70.6. The highest BCUT2D eigenvalue weighted by molar-refractivity contribution is 8.37. The zero-order valence-electron chi connectivity index (χ0n) is 68.9. The van der Waals surface area contributed by atoms with E-state index in [4.69, 9.17) is 262 Å². The van der Waals surface area contributed by atoms with E-state index in [1.807, 2.05) is 12.1 Å². The molecule has 69 heteroatoms. The van der Waals surface area contributed by atoms with Gasteiger partial charge in [0.25, 0.3) is 0 Å². The van der Waals surface area contributed by atoms with Crippen molar-refractivity contribution >= 4 is 427 Å². The first-order chi connectivity index (χ1) is 55.3. The van der Waals surface area contributed by atoms with Crippen LogP contribution < -0.4 is 37.9 Å². The monoisotopic (exact) mass is 1480 g/mol. The highest BCUT2D eigenvalue weighted by Crippen LogP contribution is 2.57. The Morgan fingerprint density at radius 3 is 1.03 bits per heavy atom. The van der Waals surface area contributed by atoms with Gasteiger partial charge >= 0.3 is 0 Å². The molecule has 10 nitrogen and oxygen atoms in total. The number of fused-ring (bicyclic) bond motifs is 4. The lowest BCUT2D eigenvalue weighted by atomic mass is 8.23. The van der Waals surface area contributed by atoms with Crippen molar-refractivity contribution in [1.82, 2.24) is 9.80 Å². The maximum absolute atomic E-state index is 6.76. The molecule has 0 amide bonds. The van der Waals surface area contributed by atoms with Gasteiger partial charge in [0.05, 0.1) is 32.5 Å². The van der Waals surface area contributed by atoms with Gasteiger partial charge in [-0.25, -0.2) is 0 Å². The van der Waals surface area contributed by atoms with E-state index in [2.05, 4.69) is 95.9 Å². The third kappa shape index (κ3) is 26.2. The average Bonchev–Trinajstić information content (AvgIpc) is 1.38. The van der Waals surface area contributed by atoms with Crippen LogP contribution in [-0.2, 0) is 25.7 Å². The number of benzene rings is 4. The summed E-state index contributed by atoms with van der Waals surface area (Å²) in [4.78, 5) is 4.95. The topological polar surface area (TPSA) is 80.3 Å². The Labute approximate surface area is 763 Å². The number of nitrogens with zero attached hydrogens (tertiary/aromatic N) is 2. The number of hydrogen-bond donors (Lipinski definition) is 0. The Balaban J connectivity index is 0.000000262. The molecule has 0 bridgehead atoms. The van der Waals surface area contributed by atoms with E-state index in [1.165, 1.54) is 51.3 Å². The Bertz CT molecular complexity index is 3490. The van der Waals surface area contributed by atoms with Crippen molar-refractivity contribution in [3.8, 4) is 46.0 Å². The summed E-state index contributed by atoms with van der Waals surface area (Å²) in [5.41, 5.74) is 7.98. The van der Waals surface area contributed by atoms with E-state index >= 15 is 0 Å². The van der Waals surface area contributed by atoms with Crippen molar-refractivity contribution < 1.29 is 37.9 Å². The number of hydrogen-bond acceptors (Lipinski definition) is 12. The molecule has 5 heterocycles. The standard InChI is InChI=1S/C25H31NO4S2.C23H29NO4.B57/c1-26-11-9-18-14-21-23(30-16-29-21)24(28-3)22(18)20(26)15-25(31-12-13-32-25)10-8-17-4-6-19(27-2)7-5-17;1-24-13-12-17-14-20-22(28-15-27-20)23(26-3)21(17)19(24)7-5-4-6-16-8-10-18(25-2)11-9-16;1-30-45(31(2)3)52(44(28)29)56(53(46(32(4)5)33(6)7)47(34(8)9)35(10)11)57(54(48(36(12)13)37(14)15)49(38(16)17)39(18)19)55(50(40(20)21)41(22)23)51(42(24)25)43(26)27/h4-7,14,20H,8-13,15-16H2,1-3H3;8-11,14,19H,4-7,12-13,15H2,1-3H3;. The summed E-state index contributed by atoms with van der Waals surface area (Å²) in [5.74, 6) is 9.16. The Hall–Kier alpha value is -0.399. The summed E-state index contributed by atoms with van der Waals surface area (Å²) in [6.07, 6.45) is -26.9. The minimum Gasteiger partial charge on any atom is -0.497 e. The third-order valence-corrected chi connectivity index (χ3v) is 28.1. The molecule has 5 aliphatic heterocycles. The van der Waals surface area contributed by atoms with Crippen LogP contribution in [0.25, 0.3) is 0 Å². The summed E-state index contributed by atoms with van der Waals surface area (Å²) in [7, 11) is 202. The fourth-order valence-electron chi connectivity index (χ4n) is 19.2. The molecule has 4 aromatic rings. The second-order valence-corrected chi connectivity index (χ2v) is 35.2. The molecule has 1 fully saturated rings. The first kappa shape index (κ1) is 104. The van der Waals surface area contributed by atoms with E-state index in [9.17, 15) is 0 Å². The molecule has 4 aromatic carbocycles. The number of aryl methyl sites for hydroxylation is 2. The molecule has 493 valence electrons. The molecule has 0 saturated carbocycles. The van der Waals surface area contributed by atoms with Crippen molar-refractivity contribution in [2.45, 2.75) is 74.0 Å². The Morgan fingerprint density at radius 2 is 0.709 bits per heavy atom. The van der Waals surface area contributed by atoms with E-state index in [1.54, 1.807) is 28.4 Å². The minimum absolute atomic E-state index is 0.203. The first-order valence-electron chi connectivity index (χ1n) is 39.9. The zero-order chi connectivity index (χ0) is 86.9. The van der Waals surface area contributed by atoms with Gasteiger partial charge in [0.15, 0.2) is 23.0 Å². The SMILES string of the molecule is COc1ccc(CCC2(CC3c4c(cc5c(c4OC)OCO5)CCN3C)SCCS2)cc1.COc1ccc(CCCCC2c3c(cc4c(c3OC)OCO4)CCN2C)cc1.[B][B]B(B([B])[B])B(B([B])[B])B(B(B(B([B])[B])B([B])[B])B(B([B])[B])B([B])[B])B(B(B(B([B])[B])B([B])[B])B(B([B])[B])B([B])[B])B(B(B([B])[B])B([B])[B])B(B([B])[B])B([B])[B]. The number of ether oxygens (including phenoxy) is 8. The van der Waals surface area contributed by atoms with Crippen LogP contribution >= 0.6 is 23.5 Å². The van der Waals surface area contributed by atoms with Crippen molar-refractivity contribution in [2.24, 2.45) is 0 Å². The van der Waals surface area contributed by atoms with Crippen LogP contribution in [0.3, 0.4) is 0 Å². The molecule has 0 N–H and O–H groups in total. The molecular weight excluding hydrogens is 1410 g/mol. The number of methoxy groups -OCH3 is 4. The number of unbranched alkanes of at least 4 members (excludes halogenated alkanes) is 1. The lowest BCUT2D eigenvalue weighted by Gasteiger charge is -2.58. The molecule has 0 aliphatic carbocycles. The summed E-state index contributed by atoms with van der Waals surface area (Å²) >= 11 is 4.28. The van der Waals surface area contributed by atoms with Gasteiger partial charge in [-0.1, -0.05) is 30.7 Å². The quantitative estimate of drug-likeness (QED) is 0.0314. The van der Waals surface area contributed by atoms with Gasteiger partial charge < -0.3 is 37.9 Å². The van der Waals surface area contributed by atoms with Crippen molar-refractivity contribution in [3.63, 3.8) is 0 Å². The molecule has 5 aliphatic rings. The highest BCUT2D eigenvalue weighted by atomic mass is 32.2. The fourth-order valence-corrected chi connectivity index (χ4v) is 22.5. The fraction of sp³-hybridized carbons (Fsp3) is 0.500. The van der Waals surface area contributed by atoms with Crippen molar-refractivity contribution in [1.29, 1.82) is 0 Å². The van der Waals surface area contributed by atoms with Crippen LogP contribution in [0.2, 0.25) is 0 Å². The van der Waals surface area contributed by atoms with Gasteiger partial charge in [-0.05, 0) is 124 Å². The molecule has 2 unspecified atom stereocenters. The van der Waals surface area contributed by atoms with Crippen LogP contribution in [0.1, 0.15) is 77.6 Å². The van der Waals surface area contributed by atoms with Crippen LogP contribution in [0.5, 0.6) is 46.0 Å². The number of thioether (sulfide) groups is 2. The normalized spacial score (nSPS) is 14.9. The van der Waals surface area contributed by atoms with Crippen LogP contribution in [0.15, 0.2) is 60.7 Å². The molecule has 117 heavy (non-hydrogen) atoms. The summed E-state index contributed by atoms with van der Waals surface area (Å²) in [5, 5.41) is 0. The molecule has 9 rings (SSSR count). The molecule has 2 atom stereocenters. The van der Waals surface area contributed by atoms with Crippen molar-refractivity contribution in [2.75, 3.05) is 80.7 Å². The van der Waals surface area contributed by atoms with Gasteiger partial charge in [-0.3, -0.25) is 9.80 Å². The van der Waals surface area contributed by atoms with Crippen LogP contribution in [0.4, 0.5) is 0 Å². The van der Waals surface area contributed by atoms with Crippen molar-refractivity contribution in [3.05, 3.63) is 94.0 Å². The van der Waals surface area contributed by atoms with E-state index in [-0.39, 0.29) is 17.7 Å². The smallest absolute Gasteiger partial charge is 0.231 e. The third-order valence-electron chi connectivity index (χ3n) is 24.5. The lowest BCUT2D eigenvalue weighted by molar-refractivity contribution is 0.170. The predicted octanol–water partition coefficient (Wildman–Crippen LogP) is -12.2. The summed E-state index contributed by atoms with van der Waals surface area (Å²) in [6.45, 7) is 2.65. The van der Waals surface area contributed by atoms with Crippen LogP contribution in [0, 0.1) is 0 Å². The van der Waals surface area contributed by atoms with Gasteiger partial charge in [-0.2, -0.15) is 0 Å². The summed E-state index contributed by atoms with van der Waals surface area (Å²) in [6, 6.07) is 21.9. The lowest BCUT2D eigenvalue weighted by Crippen LogP contribution is -2.96. The number of likely N-dealkylation sites (N-methyl/N-ethyl adjacent to an activating group) is 2. The maximum atomic E-state index is 6.76. The first-order valence-corrected chi connectivity index (χ1v) is 41.9. The Kier molecular flexibility index (Phi) is 43.1. The molecule has 59 radical (unpaired) electrons. The van der Waals surface area contributed by atoms with Gasteiger partial charge in [-0.15, -0.1) is 23.5 Å². The van der Waals surface area contributed by atoms with Gasteiger partial charge in [0.2, 0.25) is 25.1 Å². The second kappa shape index (κ2) is 48.7. The second-order valence-electron chi connectivity index (χ2n) is 32.0. The maximum Gasteiger partial charge on any atom is 0.231 e. The van der Waals surface area contributed by atoms with Gasteiger partial charge in [0.1, 0.15) is 11.5 Å². The molecule has 0 aromatic heterocycles. The number of rotatable bonds is 41. The molecular formula is C48H60B57N2O8S2. The molecule has 0 spiro atoms. The largest absolute Gasteiger partial charge is 0.497 e. The minimum atomic E-state index is -1.46. The highest BCUT2D eigenvalue weighted by Gasteiger charge is 2.62. The predicted molar refractivity (Wildman–Crippen MR) is 568 cm³/mol. The van der Waals surface area contributed by atoms with Crippen LogP contribution in [-0.4, -0.2) is 498 Å².